The molecular weight excluding hydrogens is 254 g/mol. The van der Waals surface area contributed by atoms with Gasteiger partial charge in [0.05, 0.1) is 5.60 Å². The Hall–Kier alpha value is -1.46. The zero-order valence-electron chi connectivity index (χ0n) is 11.9. The molecule has 0 amide bonds. The highest BCUT2D eigenvalue weighted by Gasteiger charge is 2.30. The molecule has 5 nitrogen and oxygen atoms in total. The van der Waals surface area contributed by atoms with Crippen LogP contribution in [0.4, 0.5) is 0 Å². The lowest BCUT2D eigenvalue weighted by molar-refractivity contribution is 0.0298. The van der Waals surface area contributed by atoms with E-state index in [-0.39, 0.29) is 0 Å². The molecule has 0 saturated heterocycles. The third kappa shape index (κ3) is 2.83. The molecule has 1 fully saturated rings. The maximum atomic E-state index is 10.4. The molecule has 3 rings (SSSR count). The van der Waals surface area contributed by atoms with Crippen LogP contribution in [0.3, 0.4) is 0 Å². The first-order chi connectivity index (χ1) is 9.66. The van der Waals surface area contributed by atoms with Gasteiger partial charge in [-0.05, 0) is 48.3 Å². The second-order valence-electron chi connectivity index (χ2n) is 5.97. The summed E-state index contributed by atoms with van der Waals surface area (Å²) < 4.78 is 4.79. The first-order valence-electron chi connectivity index (χ1n) is 7.27. The van der Waals surface area contributed by atoms with E-state index in [0.29, 0.717) is 0 Å². The molecular formula is C15H21N3O2. The molecule has 1 aliphatic rings. The van der Waals surface area contributed by atoms with Gasteiger partial charge in [0.1, 0.15) is 11.0 Å². The maximum Gasteiger partial charge on any atom is 0.139 e. The number of hydrogen-bond acceptors (Lipinski definition) is 5. The number of aliphatic hydroxyl groups is 1. The second-order valence-corrected chi connectivity index (χ2v) is 5.97. The minimum absolute atomic E-state index is 0.435. The summed E-state index contributed by atoms with van der Waals surface area (Å²) in [5.74, 6) is 0. The molecule has 1 N–H and O–H groups in total. The molecule has 5 heteroatoms. The van der Waals surface area contributed by atoms with E-state index >= 15 is 0 Å². The average molecular weight is 275 g/mol. The fraction of sp³-hybridized carbons (Fsp3) is 0.600. The smallest absolute Gasteiger partial charge is 0.139 e. The van der Waals surface area contributed by atoms with E-state index in [1.165, 1.54) is 0 Å². The Morgan fingerprint density at radius 2 is 2.10 bits per heavy atom. The van der Waals surface area contributed by atoms with E-state index in [2.05, 4.69) is 22.3 Å². The van der Waals surface area contributed by atoms with Crippen LogP contribution in [0.2, 0.25) is 0 Å². The zero-order chi connectivity index (χ0) is 14.0. The van der Waals surface area contributed by atoms with Gasteiger partial charge >= 0.3 is 0 Å². The van der Waals surface area contributed by atoms with E-state index in [4.69, 9.17) is 4.63 Å². The third-order valence-electron chi connectivity index (χ3n) is 4.30. The summed E-state index contributed by atoms with van der Waals surface area (Å²) in [7, 11) is 2.07. The summed E-state index contributed by atoms with van der Waals surface area (Å²) in [6.07, 6.45) is 5.05. The quantitative estimate of drug-likeness (QED) is 0.907. The van der Waals surface area contributed by atoms with E-state index in [9.17, 15) is 5.11 Å². The van der Waals surface area contributed by atoms with Crippen LogP contribution in [0.25, 0.3) is 11.0 Å². The molecule has 0 radical (unpaired) electrons. The summed E-state index contributed by atoms with van der Waals surface area (Å²) >= 11 is 0. The standard InChI is InChI=1S/C15H21N3O2/c1-18(10-9-15(19)7-2-3-8-15)11-12-5-4-6-13-14(12)17-20-16-13/h4-6,19H,2-3,7-11H2,1H3. The number of nitrogens with zero attached hydrogens (tertiary/aromatic N) is 3. The van der Waals surface area contributed by atoms with Gasteiger partial charge in [0.25, 0.3) is 0 Å². The van der Waals surface area contributed by atoms with Crippen LogP contribution in [0, 0.1) is 0 Å². The number of fused-ring (bicyclic) bond motifs is 1. The molecule has 0 aliphatic heterocycles. The van der Waals surface area contributed by atoms with Crippen molar-refractivity contribution < 1.29 is 9.74 Å². The Bertz CT molecular complexity index is 575. The van der Waals surface area contributed by atoms with Crippen LogP contribution >= 0.6 is 0 Å². The van der Waals surface area contributed by atoms with Crippen molar-refractivity contribution in [2.75, 3.05) is 13.6 Å². The highest BCUT2D eigenvalue weighted by Crippen LogP contribution is 2.32. The van der Waals surface area contributed by atoms with Gasteiger partial charge in [0.2, 0.25) is 0 Å². The topological polar surface area (TPSA) is 62.4 Å². The normalized spacial score (nSPS) is 18.1. The van der Waals surface area contributed by atoms with E-state index in [0.717, 1.165) is 61.8 Å². The Morgan fingerprint density at radius 3 is 2.90 bits per heavy atom. The molecule has 0 atom stereocenters. The molecule has 0 unspecified atom stereocenters. The SMILES string of the molecule is CN(CCC1(O)CCCC1)Cc1cccc2nonc12. The summed E-state index contributed by atoms with van der Waals surface area (Å²) in [5.41, 5.74) is 2.31. The summed E-state index contributed by atoms with van der Waals surface area (Å²) in [6.45, 7) is 1.68. The Kier molecular flexibility index (Phi) is 3.72. The van der Waals surface area contributed by atoms with Gasteiger partial charge in [0, 0.05) is 13.1 Å². The van der Waals surface area contributed by atoms with Gasteiger partial charge < -0.3 is 10.0 Å². The van der Waals surface area contributed by atoms with Crippen LogP contribution in [-0.2, 0) is 6.54 Å². The maximum absolute atomic E-state index is 10.4. The molecule has 1 aromatic heterocycles. The summed E-state index contributed by atoms with van der Waals surface area (Å²) in [5, 5.41) is 18.2. The monoisotopic (exact) mass is 275 g/mol. The van der Waals surface area contributed by atoms with Crippen molar-refractivity contribution in [2.45, 2.75) is 44.2 Å². The van der Waals surface area contributed by atoms with Gasteiger partial charge in [-0.25, -0.2) is 4.63 Å². The predicted octanol–water partition coefficient (Wildman–Crippen LogP) is 2.35. The van der Waals surface area contributed by atoms with Crippen LogP contribution in [0.5, 0.6) is 0 Å². The van der Waals surface area contributed by atoms with Crippen LogP contribution in [0.1, 0.15) is 37.7 Å². The van der Waals surface area contributed by atoms with Crippen molar-refractivity contribution in [2.24, 2.45) is 0 Å². The first-order valence-corrected chi connectivity index (χ1v) is 7.27. The average Bonchev–Trinajstić information content (AvgIpc) is 3.06. The van der Waals surface area contributed by atoms with Crippen LogP contribution in [-0.4, -0.2) is 39.5 Å². The van der Waals surface area contributed by atoms with Gasteiger partial charge in [-0.15, -0.1) is 0 Å². The number of aromatic nitrogens is 2. The molecule has 0 spiro atoms. The Labute approximate surface area is 118 Å². The number of benzene rings is 1. The largest absolute Gasteiger partial charge is 0.390 e. The Balaban J connectivity index is 1.61. The third-order valence-corrected chi connectivity index (χ3v) is 4.30. The predicted molar refractivity (Wildman–Crippen MR) is 76.2 cm³/mol. The lowest BCUT2D eigenvalue weighted by Gasteiger charge is -2.25. The fourth-order valence-corrected chi connectivity index (χ4v) is 3.04. The minimum atomic E-state index is -0.435. The van der Waals surface area contributed by atoms with Crippen LogP contribution < -0.4 is 0 Å². The summed E-state index contributed by atoms with van der Waals surface area (Å²) in [6, 6.07) is 5.92. The number of hydrogen-bond donors (Lipinski definition) is 1. The lowest BCUT2D eigenvalue weighted by Crippen LogP contribution is -2.31. The fourth-order valence-electron chi connectivity index (χ4n) is 3.04. The van der Waals surface area contributed by atoms with Crippen molar-refractivity contribution in [1.29, 1.82) is 0 Å². The van der Waals surface area contributed by atoms with Crippen molar-refractivity contribution >= 4 is 11.0 Å². The van der Waals surface area contributed by atoms with E-state index < -0.39 is 5.60 Å². The molecule has 108 valence electrons. The molecule has 1 aliphatic carbocycles. The molecule has 2 aromatic rings. The second kappa shape index (κ2) is 5.50. The molecule has 0 bridgehead atoms. The molecule has 1 aromatic carbocycles. The molecule has 1 saturated carbocycles. The van der Waals surface area contributed by atoms with Gasteiger partial charge in [-0.3, -0.25) is 0 Å². The minimum Gasteiger partial charge on any atom is -0.390 e. The highest BCUT2D eigenvalue weighted by molar-refractivity contribution is 5.76. The van der Waals surface area contributed by atoms with E-state index in [1.54, 1.807) is 0 Å². The summed E-state index contributed by atoms with van der Waals surface area (Å²) in [4.78, 5) is 2.22. The van der Waals surface area contributed by atoms with Crippen molar-refractivity contribution in [3.8, 4) is 0 Å². The number of rotatable bonds is 5. The van der Waals surface area contributed by atoms with Crippen molar-refractivity contribution in [3.63, 3.8) is 0 Å². The van der Waals surface area contributed by atoms with Crippen molar-refractivity contribution in [3.05, 3.63) is 23.8 Å². The molecule has 1 heterocycles. The Morgan fingerprint density at radius 1 is 1.30 bits per heavy atom. The lowest BCUT2D eigenvalue weighted by atomic mass is 9.98. The van der Waals surface area contributed by atoms with Gasteiger partial charge in [-0.2, -0.15) is 0 Å². The highest BCUT2D eigenvalue weighted by atomic mass is 16.6. The van der Waals surface area contributed by atoms with Gasteiger partial charge in [-0.1, -0.05) is 25.0 Å². The zero-order valence-corrected chi connectivity index (χ0v) is 11.9. The van der Waals surface area contributed by atoms with Gasteiger partial charge in [0.15, 0.2) is 0 Å². The van der Waals surface area contributed by atoms with Crippen molar-refractivity contribution in [1.82, 2.24) is 15.2 Å². The van der Waals surface area contributed by atoms with E-state index in [1.807, 2.05) is 18.2 Å². The molecule has 20 heavy (non-hydrogen) atoms. The first kappa shape index (κ1) is 13.5. The van der Waals surface area contributed by atoms with Crippen LogP contribution in [0.15, 0.2) is 22.8 Å².